The third-order valence-corrected chi connectivity index (χ3v) is 0.159. The van der Waals surface area contributed by atoms with Crippen molar-refractivity contribution in [3.05, 3.63) is 0 Å². The summed E-state index contributed by atoms with van der Waals surface area (Å²) in [6.45, 7) is 0. The van der Waals surface area contributed by atoms with Gasteiger partial charge in [-0.25, -0.2) is 4.89 Å². The van der Waals surface area contributed by atoms with Crippen LogP contribution in [0.3, 0.4) is 0 Å². The van der Waals surface area contributed by atoms with E-state index in [-0.39, 0.29) is 0 Å². The van der Waals surface area contributed by atoms with Crippen LogP contribution in [0, 0.1) is 0 Å². The molecule has 0 fully saturated rings. The lowest BCUT2D eigenvalue weighted by Gasteiger charge is -1.83. The molecule has 0 unspecified atom stereocenters. The van der Waals surface area contributed by atoms with Gasteiger partial charge in [0.15, 0.2) is 0 Å². The molecule has 5 heavy (non-hydrogen) atoms. The molecule has 0 aliphatic heterocycles. The highest BCUT2D eigenvalue weighted by Crippen LogP contribution is 1.76. The first-order valence-electron chi connectivity index (χ1n) is 0.924. The molecule has 0 radical (unpaired) electrons. The second kappa shape index (κ2) is 4.23. The molecule has 0 saturated heterocycles. The molecule has 0 saturated carbocycles. The maximum Gasteiger partial charge on any atom is 0.0744 e. The Bertz CT molecular complexity index is 14.4. The van der Waals surface area contributed by atoms with E-state index in [4.69, 9.17) is 0 Å². The van der Waals surface area contributed by atoms with Gasteiger partial charge in [-0.1, -0.05) is 5.04 Å². The molecule has 0 amide bonds. The van der Waals surface area contributed by atoms with Gasteiger partial charge in [0.2, 0.25) is 0 Å². The Balaban J connectivity index is 2.19. The summed E-state index contributed by atoms with van der Waals surface area (Å²) >= 11 is 3.15. The molecule has 0 spiro atoms. The Hall–Kier alpha value is 0.230. The molecule has 0 bridgehead atoms. The molecule has 0 N–H and O–H groups in total. The van der Waals surface area contributed by atoms with Gasteiger partial charge in [0.1, 0.15) is 0 Å². The van der Waals surface area contributed by atoms with Crippen LogP contribution in [0.15, 0.2) is 0 Å². The lowest BCUT2D eigenvalue weighted by molar-refractivity contribution is -0.446. The maximum absolute atomic E-state index is 3.89. The van der Waals surface area contributed by atoms with Crippen molar-refractivity contribution >= 4 is 12.9 Å². The maximum atomic E-state index is 3.89. The van der Waals surface area contributed by atoms with Crippen LogP contribution in [0.2, 0.25) is 0 Å². The number of thiol groups is 1. The monoisotopic (exact) mass is 96.0 g/mol. The van der Waals surface area contributed by atoms with E-state index >= 15 is 0 Å². The molecule has 0 aromatic carbocycles. The van der Waals surface area contributed by atoms with Crippen LogP contribution in [0.1, 0.15) is 0 Å². The van der Waals surface area contributed by atoms with Gasteiger partial charge in [0.05, 0.1) is 7.11 Å². The Morgan fingerprint density at radius 2 is 2.20 bits per heavy atom. The van der Waals surface area contributed by atoms with Crippen molar-refractivity contribution in [3.63, 3.8) is 0 Å². The molecule has 0 heterocycles. The average Bonchev–Trinajstić information content (AvgIpc) is 1.41. The van der Waals surface area contributed by atoms with Crippen LogP contribution in [-0.4, -0.2) is 7.11 Å². The summed E-state index contributed by atoms with van der Waals surface area (Å²) < 4.78 is 3.66. The Morgan fingerprint density at radius 3 is 2.20 bits per heavy atom. The van der Waals surface area contributed by atoms with Crippen LogP contribution >= 0.6 is 12.9 Å². The number of hydrogen-bond acceptors (Lipinski definition) is 4. The summed E-state index contributed by atoms with van der Waals surface area (Å²) in [5.74, 6) is 0. The van der Waals surface area contributed by atoms with E-state index in [0.29, 0.717) is 0 Å². The first kappa shape index (κ1) is 5.23. The van der Waals surface area contributed by atoms with E-state index in [0.717, 1.165) is 0 Å². The zero-order valence-corrected chi connectivity index (χ0v) is 3.57. The summed E-state index contributed by atoms with van der Waals surface area (Å²) in [4.78, 5) is 3.89. The minimum Gasteiger partial charge on any atom is -0.209 e. The van der Waals surface area contributed by atoms with Crippen molar-refractivity contribution in [1.29, 1.82) is 0 Å². The van der Waals surface area contributed by atoms with E-state index in [1.807, 2.05) is 0 Å². The predicted octanol–water partition coefficient (Wildman–Crippen LogP) is 0.341. The highest BCUT2D eigenvalue weighted by atomic mass is 32.1. The molecule has 3 nitrogen and oxygen atoms in total. The van der Waals surface area contributed by atoms with Crippen molar-refractivity contribution in [3.8, 4) is 0 Å². The summed E-state index contributed by atoms with van der Waals surface area (Å²) in [7, 11) is 1.32. The second-order valence-corrected chi connectivity index (χ2v) is 0.458. The van der Waals surface area contributed by atoms with Gasteiger partial charge in [0.25, 0.3) is 0 Å². The van der Waals surface area contributed by atoms with Crippen molar-refractivity contribution in [1.82, 2.24) is 0 Å². The number of rotatable bonds is 2. The van der Waals surface area contributed by atoms with Crippen LogP contribution in [-0.2, 0) is 14.3 Å². The van der Waals surface area contributed by atoms with Crippen molar-refractivity contribution in [2.75, 3.05) is 7.11 Å². The van der Waals surface area contributed by atoms with Gasteiger partial charge < -0.3 is 0 Å². The molecular weight excluding hydrogens is 92.1 g/mol. The largest absolute Gasteiger partial charge is 0.209 e. The quantitative estimate of drug-likeness (QED) is 0.232. The van der Waals surface area contributed by atoms with Gasteiger partial charge in [-0.3, -0.25) is 0 Å². The highest BCUT2D eigenvalue weighted by molar-refractivity contribution is 7.74. The molecule has 0 atom stereocenters. The Morgan fingerprint density at radius 1 is 1.60 bits per heavy atom. The van der Waals surface area contributed by atoms with E-state index in [9.17, 15) is 0 Å². The fourth-order valence-corrected chi connectivity index (χ4v) is 0.0913. The first-order valence-corrected chi connectivity index (χ1v) is 1.29. The first-order chi connectivity index (χ1) is 2.41. The molecule has 0 aliphatic rings. The van der Waals surface area contributed by atoms with Gasteiger partial charge in [0, 0.05) is 12.9 Å². The van der Waals surface area contributed by atoms with E-state index in [1.54, 1.807) is 0 Å². The van der Waals surface area contributed by atoms with Gasteiger partial charge in [-0.2, -0.15) is 0 Å². The number of hydrogen-bond donors (Lipinski definition) is 1. The van der Waals surface area contributed by atoms with E-state index in [1.165, 1.54) is 7.11 Å². The third kappa shape index (κ3) is 4.23. The summed E-state index contributed by atoms with van der Waals surface area (Å²) in [5.41, 5.74) is 0. The molecule has 0 aliphatic carbocycles. The predicted molar refractivity (Wildman–Crippen MR) is 18.2 cm³/mol. The van der Waals surface area contributed by atoms with Crippen molar-refractivity contribution < 1.29 is 14.3 Å². The summed E-state index contributed by atoms with van der Waals surface area (Å²) in [6.07, 6.45) is 0. The fourth-order valence-electron chi connectivity index (χ4n) is 0.0304. The lowest BCUT2D eigenvalue weighted by atomic mass is 11.8. The SMILES string of the molecule is COOOS. The average molecular weight is 96.1 g/mol. The molecule has 0 aromatic rings. The third-order valence-electron chi connectivity index (χ3n) is 0.0985. The minimum atomic E-state index is 1.32. The molecular formula is CH4O3S. The van der Waals surface area contributed by atoms with Crippen LogP contribution in [0.4, 0.5) is 0 Å². The van der Waals surface area contributed by atoms with Crippen LogP contribution in [0.25, 0.3) is 0 Å². The zero-order valence-electron chi connectivity index (χ0n) is 2.67. The molecule has 0 rings (SSSR count). The van der Waals surface area contributed by atoms with Crippen LogP contribution < -0.4 is 0 Å². The van der Waals surface area contributed by atoms with Gasteiger partial charge >= 0.3 is 0 Å². The Kier molecular flexibility index (Phi) is 4.42. The second-order valence-electron chi connectivity index (χ2n) is 0.309. The summed E-state index contributed by atoms with van der Waals surface area (Å²) in [6, 6.07) is 0. The zero-order chi connectivity index (χ0) is 4.12. The summed E-state index contributed by atoms with van der Waals surface area (Å²) in [5, 5.41) is 3.70. The normalized spacial score (nSPS) is 8.40. The van der Waals surface area contributed by atoms with E-state index in [2.05, 4.69) is 27.2 Å². The topological polar surface area (TPSA) is 27.7 Å². The Labute approximate surface area is 35.3 Å². The van der Waals surface area contributed by atoms with Crippen LogP contribution in [0.5, 0.6) is 0 Å². The highest BCUT2D eigenvalue weighted by Gasteiger charge is 1.64. The van der Waals surface area contributed by atoms with E-state index < -0.39 is 0 Å². The minimum absolute atomic E-state index is 1.32. The van der Waals surface area contributed by atoms with Crippen molar-refractivity contribution in [2.45, 2.75) is 0 Å². The molecule has 4 heteroatoms. The molecule has 0 aromatic heterocycles. The van der Waals surface area contributed by atoms with Gasteiger partial charge in [-0.15, -0.1) is 4.33 Å². The fraction of sp³-hybridized carbons (Fsp3) is 1.00. The van der Waals surface area contributed by atoms with Crippen molar-refractivity contribution in [2.24, 2.45) is 0 Å². The standard InChI is InChI=1S/CH4O3S/c1-2-3-4-5/h5H,1H3. The van der Waals surface area contributed by atoms with Gasteiger partial charge in [-0.05, 0) is 0 Å². The molecule has 32 valence electrons. The smallest absolute Gasteiger partial charge is 0.0744 e. The lowest BCUT2D eigenvalue weighted by Crippen LogP contribution is -1.77.